The van der Waals surface area contributed by atoms with E-state index in [4.69, 9.17) is 9.47 Å². The number of nitrogens with one attached hydrogen (secondary N) is 1. The zero-order valence-corrected chi connectivity index (χ0v) is 16.1. The van der Waals surface area contributed by atoms with Gasteiger partial charge in [-0.05, 0) is 55.7 Å². The first kappa shape index (κ1) is 18.1. The summed E-state index contributed by atoms with van der Waals surface area (Å²) in [5.74, 6) is 1.46. The van der Waals surface area contributed by atoms with Gasteiger partial charge in [-0.2, -0.15) is 5.10 Å². The SMILES string of the molecule is CCn1cc(-c2ccc(C(=O)NCCc3ccc4c(c3)OCO4)cc2)c(C)n1. The summed E-state index contributed by atoms with van der Waals surface area (Å²) in [5, 5.41) is 7.45. The van der Waals surface area contributed by atoms with Crippen LogP contribution in [-0.4, -0.2) is 29.0 Å². The molecule has 0 aliphatic carbocycles. The normalized spacial score (nSPS) is 12.2. The summed E-state index contributed by atoms with van der Waals surface area (Å²) < 4.78 is 12.6. The number of aryl methyl sites for hydroxylation is 2. The Morgan fingerprint density at radius 3 is 2.68 bits per heavy atom. The van der Waals surface area contributed by atoms with Crippen molar-refractivity contribution in [3.05, 3.63) is 65.5 Å². The molecule has 2 aromatic carbocycles. The molecule has 4 rings (SSSR count). The number of carbonyl (C=O) groups excluding carboxylic acids is 1. The summed E-state index contributed by atoms with van der Waals surface area (Å²) in [5.41, 5.74) is 4.90. The van der Waals surface area contributed by atoms with E-state index in [0.717, 1.165) is 46.8 Å². The number of carbonyl (C=O) groups is 1. The van der Waals surface area contributed by atoms with Gasteiger partial charge in [-0.1, -0.05) is 18.2 Å². The summed E-state index contributed by atoms with van der Waals surface area (Å²) >= 11 is 0. The van der Waals surface area contributed by atoms with Crippen LogP contribution < -0.4 is 14.8 Å². The minimum absolute atomic E-state index is 0.0757. The molecule has 1 aliphatic heterocycles. The maximum absolute atomic E-state index is 12.4. The van der Waals surface area contributed by atoms with Crippen LogP contribution in [0.2, 0.25) is 0 Å². The van der Waals surface area contributed by atoms with Crippen molar-refractivity contribution in [2.45, 2.75) is 26.8 Å². The topological polar surface area (TPSA) is 65.4 Å². The van der Waals surface area contributed by atoms with E-state index in [9.17, 15) is 4.79 Å². The van der Waals surface area contributed by atoms with E-state index in [1.807, 2.05) is 60.3 Å². The van der Waals surface area contributed by atoms with Gasteiger partial charge in [0.15, 0.2) is 11.5 Å². The third kappa shape index (κ3) is 3.71. The van der Waals surface area contributed by atoms with Gasteiger partial charge in [0.1, 0.15) is 0 Å². The van der Waals surface area contributed by atoms with E-state index in [0.29, 0.717) is 12.1 Å². The fraction of sp³-hybridized carbons (Fsp3) is 0.273. The Morgan fingerprint density at radius 1 is 1.14 bits per heavy atom. The lowest BCUT2D eigenvalue weighted by atomic mass is 10.0. The van der Waals surface area contributed by atoms with E-state index < -0.39 is 0 Å². The van der Waals surface area contributed by atoms with Crippen molar-refractivity contribution in [1.29, 1.82) is 0 Å². The van der Waals surface area contributed by atoms with Crippen LogP contribution >= 0.6 is 0 Å². The molecule has 6 heteroatoms. The standard InChI is InChI=1S/C22H23N3O3/c1-3-25-13-19(15(2)24-25)17-5-7-18(8-6-17)22(26)23-11-10-16-4-9-20-21(12-16)28-14-27-20/h4-9,12-13H,3,10-11,14H2,1-2H3,(H,23,26). The molecule has 6 nitrogen and oxygen atoms in total. The highest BCUT2D eigenvalue weighted by molar-refractivity contribution is 5.94. The van der Waals surface area contributed by atoms with Crippen LogP contribution in [0.15, 0.2) is 48.7 Å². The molecule has 1 aromatic heterocycles. The fourth-order valence-corrected chi connectivity index (χ4v) is 3.28. The summed E-state index contributed by atoms with van der Waals surface area (Å²) in [6, 6.07) is 13.5. The van der Waals surface area contributed by atoms with E-state index in [-0.39, 0.29) is 12.7 Å². The Hall–Kier alpha value is -3.28. The lowest BCUT2D eigenvalue weighted by Gasteiger charge is -2.07. The monoisotopic (exact) mass is 377 g/mol. The number of nitrogens with zero attached hydrogens (tertiary/aromatic N) is 2. The molecular formula is C22H23N3O3. The van der Waals surface area contributed by atoms with Crippen LogP contribution in [0.4, 0.5) is 0 Å². The Morgan fingerprint density at radius 2 is 1.93 bits per heavy atom. The molecule has 1 N–H and O–H groups in total. The first-order valence-corrected chi connectivity index (χ1v) is 9.45. The number of hydrogen-bond donors (Lipinski definition) is 1. The van der Waals surface area contributed by atoms with Crippen LogP contribution in [0.25, 0.3) is 11.1 Å². The van der Waals surface area contributed by atoms with Crippen molar-refractivity contribution >= 4 is 5.91 Å². The average Bonchev–Trinajstić information content (AvgIpc) is 3.33. The van der Waals surface area contributed by atoms with Gasteiger partial charge < -0.3 is 14.8 Å². The van der Waals surface area contributed by atoms with Crippen molar-refractivity contribution in [1.82, 2.24) is 15.1 Å². The number of fused-ring (bicyclic) bond motifs is 1. The lowest BCUT2D eigenvalue weighted by molar-refractivity contribution is 0.0954. The van der Waals surface area contributed by atoms with Crippen LogP contribution in [0.1, 0.15) is 28.5 Å². The maximum Gasteiger partial charge on any atom is 0.251 e. The summed E-state index contributed by atoms with van der Waals surface area (Å²) in [7, 11) is 0. The Labute approximate surface area is 164 Å². The van der Waals surface area contributed by atoms with Gasteiger partial charge in [-0.25, -0.2) is 0 Å². The maximum atomic E-state index is 12.4. The summed E-state index contributed by atoms with van der Waals surface area (Å²) in [6.45, 7) is 5.73. The molecule has 0 radical (unpaired) electrons. The van der Waals surface area contributed by atoms with Crippen molar-refractivity contribution in [3.63, 3.8) is 0 Å². The number of hydrogen-bond acceptors (Lipinski definition) is 4. The molecule has 1 amide bonds. The molecule has 0 spiro atoms. The fourth-order valence-electron chi connectivity index (χ4n) is 3.28. The highest BCUT2D eigenvalue weighted by Gasteiger charge is 2.13. The molecular weight excluding hydrogens is 354 g/mol. The number of amides is 1. The van der Waals surface area contributed by atoms with Crippen LogP contribution in [0.3, 0.4) is 0 Å². The third-order valence-electron chi connectivity index (χ3n) is 4.86. The third-order valence-corrected chi connectivity index (χ3v) is 4.86. The van der Waals surface area contributed by atoms with E-state index in [1.54, 1.807) is 0 Å². The van der Waals surface area contributed by atoms with E-state index >= 15 is 0 Å². The molecule has 0 saturated heterocycles. The molecule has 144 valence electrons. The van der Waals surface area contributed by atoms with Gasteiger partial charge in [0, 0.05) is 30.4 Å². The first-order chi connectivity index (χ1) is 13.6. The zero-order chi connectivity index (χ0) is 19.5. The van der Waals surface area contributed by atoms with Crippen LogP contribution in [0.5, 0.6) is 11.5 Å². The second-order valence-corrected chi connectivity index (χ2v) is 6.75. The average molecular weight is 377 g/mol. The number of aromatic nitrogens is 2. The Kier molecular flexibility index (Phi) is 5.02. The van der Waals surface area contributed by atoms with E-state index in [1.165, 1.54) is 0 Å². The van der Waals surface area contributed by atoms with Crippen molar-refractivity contribution in [2.24, 2.45) is 0 Å². The lowest BCUT2D eigenvalue weighted by Crippen LogP contribution is -2.25. The number of rotatable bonds is 6. The highest BCUT2D eigenvalue weighted by Crippen LogP contribution is 2.32. The minimum atomic E-state index is -0.0757. The van der Waals surface area contributed by atoms with E-state index in [2.05, 4.69) is 17.3 Å². The zero-order valence-electron chi connectivity index (χ0n) is 16.1. The van der Waals surface area contributed by atoms with Gasteiger partial charge in [-0.15, -0.1) is 0 Å². The molecule has 28 heavy (non-hydrogen) atoms. The summed E-state index contributed by atoms with van der Waals surface area (Å²) in [6.07, 6.45) is 2.77. The largest absolute Gasteiger partial charge is 0.454 e. The number of benzene rings is 2. The quantitative estimate of drug-likeness (QED) is 0.713. The molecule has 0 bridgehead atoms. The minimum Gasteiger partial charge on any atom is -0.454 e. The second-order valence-electron chi connectivity index (χ2n) is 6.75. The van der Waals surface area contributed by atoms with Gasteiger partial charge in [-0.3, -0.25) is 9.48 Å². The van der Waals surface area contributed by atoms with Crippen LogP contribution in [0, 0.1) is 6.92 Å². The summed E-state index contributed by atoms with van der Waals surface area (Å²) in [4.78, 5) is 12.4. The van der Waals surface area contributed by atoms with Crippen molar-refractivity contribution in [3.8, 4) is 22.6 Å². The smallest absolute Gasteiger partial charge is 0.251 e. The van der Waals surface area contributed by atoms with Gasteiger partial charge in [0.25, 0.3) is 5.91 Å². The molecule has 0 saturated carbocycles. The van der Waals surface area contributed by atoms with Crippen molar-refractivity contribution in [2.75, 3.05) is 13.3 Å². The Balaban J connectivity index is 1.35. The first-order valence-electron chi connectivity index (χ1n) is 9.45. The Bertz CT molecular complexity index is 993. The number of ether oxygens (including phenoxy) is 2. The molecule has 0 unspecified atom stereocenters. The van der Waals surface area contributed by atoms with Crippen LogP contribution in [-0.2, 0) is 13.0 Å². The molecule has 1 aliphatic rings. The van der Waals surface area contributed by atoms with Crippen molar-refractivity contribution < 1.29 is 14.3 Å². The highest BCUT2D eigenvalue weighted by atomic mass is 16.7. The predicted molar refractivity (Wildman–Crippen MR) is 107 cm³/mol. The van der Waals surface area contributed by atoms with Gasteiger partial charge >= 0.3 is 0 Å². The molecule has 2 heterocycles. The van der Waals surface area contributed by atoms with Gasteiger partial charge in [0.2, 0.25) is 6.79 Å². The van der Waals surface area contributed by atoms with Gasteiger partial charge in [0.05, 0.1) is 5.69 Å². The predicted octanol–water partition coefficient (Wildman–Crippen LogP) is 3.58. The molecule has 0 atom stereocenters. The molecule has 0 fully saturated rings. The molecule has 3 aromatic rings. The second kappa shape index (κ2) is 7.76.